The minimum atomic E-state index is -0.180. The number of anilines is 1. The normalized spacial score (nSPS) is 18.4. The van der Waals surface area contributed by atoms with E-state index in [2.05, 4.69) is 10.6 Å². The summed E-state index contributed by atoms with van der Waals surface area (Å²) >= 11 is 0. The number of ether oxygens (including phenoxy) is 1. The number of nitrogens with two attached hydrogens (primary N) is 1. The molecule has 0 unspecified atom stereocenters. The number of aryl methyl sites for hydroxylation is 1. The molecule has 4 N–H and O–H groups in total. The third-order valence-electron chi connectivity index (χ3n) is 5.15. The average molecular weight is 345 g/mol. The monoisotopic (exact) mass is 345 g/mol. The van der Waals surface area contributed by atoms with Gasteiger partial charge < -0.3 is 21.1 Å². The van der Waals surface area contributed by atoms with Crippen LogP contribution in [0.15, 0.2) is 18.2 Å². The number of carbonyl (C=O) groups is 2. The molecule has 1 fully saturated rings. The van der Waals surface area contributed by atoms with Crippen LogP contribution < -0.4 is 21.1 Å². The Morgan fingerprint density at radius 2 is 2.08 bits per heavy atom. The van der Waals surface area contributed by atoms with E-state index in [1.165, 1.54) is 0 Å². The molecule has 0 radical (unpaired) electrons. The predicted molar refractivity (Wildman–Crippen MR) is 96.5 cm³/mol. The Bertz CT molecular complexity index is 639. The quantitative estimate of drug-likeness (QED) is 0.660. The maximum absolute atomic E-state index is 12.1. The lowest BCUT2D eigenvalue weighted by Gasteiger charge is -2.28. The third kappa shape index (κ3) is 4.51. The van der Waals surface area contributed by atoms with E-state index >= 15 is 0 Å². The zero-order valence-corrected chi connectivity index (χ0v) is 14.6. The van der Waals surface area contributed by atoms with Crippen molar-refractivity contribution in [3.63, 3.8) is 0 Å². The number of rotatable bonds is 7. The van der Waals surface area contributed by atoms with Crippen molar-refractivity contribution < 1.29 is 14.3 Å². The van der Waals surface area contributed by atoms with E-state index in [1.54, 1.807) is 0 Å². The molecule has 1 heterocycles. The zero-order chi connectivity index (χ0) is 17.7. The summed E-state index contributed by atoms with van der Waals surface area (Å²) in [5, 5.41) is 5.98. The van der Waals surface area contributed by atoms with Crippen molar-refractivity contribution >= 4 is 17.5 Å². The van der Waals surface area contributed by atoms with Crippen LogP contribution >= 0.6 is 0 Å². The number of hydrogen-bond acceptors (Lipinski definition) is 4. The van der Waals surface area contributed by atoms with Gasteiger partial charge >= 0.3 is 0 Å². The van der Waals surface area contributed by atoms with Crippen molar-refractivity contribution in [1.29, 1.82) is 0 Å². The molecule has 3 rings (SSSR count). The third-order valence-corrected chi connectivity index (χ3v) is 5.15. The van der Waals surface area contributed by atoms with E-state index in [9.17, 15) is 9.59 Å². The van der Waals surface area contributed by atoms with Crippen LogP contribution in [0.5, 0.6) is 5.75 Å². The van der Waals surface area contributed by atoms with Gasteiger partial charge in [-0.05, 0) is 49.4 Å². The number of hydrogen-bond donors (Lipinski definition) is 3. The van der Waals surface area contributed by atoms with Crippen LogP contribution in [0.1, 0.15) is 50.5 Å². The van der Waals surface area contributed by atoms with Crippen molar-refractivity contribution in [3.05, 3.63) is 23.8 Å². The molecule has 2 aliphatic rings. The first-order valence-corrected chi connectivity index (χ1v) is 9.17. The zero-order valence-electron chi connectivity index (χ0n) is 14.6. The van der Waals surface area contributed by atoms with Gasteiger partial charge in [0, 0.05) is 25.1 Å². The molecular weight excluding hydrogens is 318 g/mol. The van der Waals surface area contributed by atoms with Crippen LogP contribution in [-0.4, -0.2) is 30.5 Å². The first-order chi connectivity index (χ1) is 12.1. The van der Waals surface area contributed by atoms with E-state index < -0.39 is 0 Å². The highest BCUT2D eigenvalue weighted by atomic mass is 16.5. The van der Waals surface area contributed by atoms with E-state index in [0.29, 0.717) is 32.4 Å². The number of nitrogens with one attached hydrogen (secondary N) is 2. The van der Waals surface area contributed by atoms with Crippen LogP contribution in [-0.2, 0) is 16.0 Å². The molecule has 0 saturated heterocycles. The van der Waals surface area contributed by atoms with E-state index in [-0.39, 0.29) is 17.4 Å². The Morgan fingerprint density at radius 1 is 1.28 bits per heavy atom. The number of benzene rings is 1. The van der Waals surface area contributed by atoms with Gasteiger partial charge in [0.1, 0.15) is 5.75 Å². The fourth-order valence-electron chi connectivity index (χ4n) is 3.66. The first kappa shape index (κ1) is 17.7. The van der Waals surface area contributed by atoms with Gasteiger partial charge in [-0.25, -0.2) is 0 Å². The fraction of sp³-hybridized carbons (Fsp3) is 0.579. The fourth-order valence-corrected chi connectivity index (χ4v) is 3.66. The lowest BCUT2D eigenvalue weighted by atomic mass is 9.97. The van der Waals surface area contributed by atoms with Crippen LogP contribution in [0, 0.1) is 0 Å². The minimum absolute atomic E-state index is 0.0594. The van der Waals surface area contributed by atoms with Gasteiger partial charge in [0.25, 0.3) is 0 Å². The Kier molecular flexibility index (Phi) is 5.58. The van der Waals surface area contributed by atoms with Crippen molar-refractivity contribution in [2.45, 2.75) is 56.9 Å². The largest absolute Gasteiger partial charge is 0.494 e. The summed E-state index contributed by atoms with van der Waals surface area (Å²) in [5.41, 5.74) is 7.63. The predicted octanol–water partition coefficient (Wildman–Crippen LogP) is 2.12. The van der Waals surface area contributed by atoms with Crippen molar-refractivity contribution in [1.82, 2.24) is 5.32 Å². The van der Waals surface area contributed by atoms with Gasteiger partial charge in [-0.15, -0.1) is 0 Å². The standard InChI is InChI=1S/C19H27N3O3/c20-13-19(9-1-2-10-19)22-18(24)4-3-11-25-15-6-7-16-14(12-15)5-8-17(23)21-16/h6-7,12H,1-5,8-11,13,20H2,(H,21,23)(H,22,24). The highest BCUT2D eigenvalue weighted by Gasteiger charge is 2.33. The molecule has 136 valence electrons. The van der Waals surface area contributed by atoms with E-state index in [4.69, 9.17) is 10.5 Å². The molecule has 2 amide bonds. The maximum Gasteiger partial charge on any atom is 0.224 e. The number of fused-ring (bicyclic) bond motifs is 1. The molecular formula is C19H27N3O3. The highest BCUT2D eigenvalue weighted by Crippen LogP contribution is 2.29. The van der Waals surface area contributed by atoms with Crippen LogP contribution in [0.3, 0.4) is 0 Å². The van der Waals surface area contributed by atoms with Gasteiger partial charge in [-0.2, -0.15) is 0 Å². The summed E-state index contributed by atoms with van der Waals surface area (Å²) in [5.74, 6) is 0.901. The van der Waals surface area contributed by atoms with E-state index in [0.717, 1.165) is 49.1 Å². The molecule has 25 heavy (non-hydrogen) atoms. The number of amides is 2. The van der Waals surface area contributed by atoms with Crippen LogP contribution in [0.25, 0.3) is 0 Å². The molecule has 1 aromatic carbocycles. The number of carbonyl (C=O) groups excluding carboxylic acids is 2. The Morgan fingerprint density at radius 3 is 2.84 bits per heavy atom. The molecule has 1 aliphatic carbocycles. The SMILES string of the molecule is NCC1(NC(=O)CCCOc2ccc3c(c2)CCC(=O)N3)CCCC1. The van der Waals surface area contributed by atoms with Crippen molar-refractivity contribution in [2.75, 3.05) is 18.5 Å². The van der Waals surface area contributed by atoms with Crippen molar-refractivity contribution in [2.24, 2.45) is 5.73 Å². The van der Waals surface area contributed by atoms with Crippen LogP contribution in [0.2, 0.25) is 0 Å². The summed E-state index contributed by atoms with van der Waals surface area (Å²) in [7, 11) is 0. The molecule has 0 aromatic heterocycles. The smallest absolute Gasteiger partial charge is 0.224 e. The summed E-state index contributed by atoms with van der Waals surface area (Å²) < 4.78 is 5.75. The Balaban J connectivity index is 1.41. The summed E-state index contributed by atoms with van der Waals surface area (Å²) in [4.78, 5) is 23.5. The highest BCUT2D eigenvalue weighted by molar-refractivity contribution is 5.94. The molecule has 0 bridgehead atoms. The Labute approximate surface area is 148 Å². The molecule has 6 nitrogen and oxygen atoms in total. The molecule has 0 spiro atoms. The Hall–Kier alpha value is -2.08. The van der Waals surface area contributed by atoms with Gasteiger partial charge in [0.15, 0.2) is 0 Å². The molecule has 6 heteroatoms. The van der Waals surface area contributed by atoms with Crippen LogP contribution in [0.4, 0.5) is 5.69 Å². The average Bonchev–Trinajstić information content (AvgIpc) is 3.07. The second kappa shape index (κ2) is 7.87. The summed E-state index contributed by atoms with van der Waals surface area (Å²) in [6, 6.07) is 5.70. The summed E-state index contributed by atoms with van der Waals surface area (Å²) in [6.45, 7) is 1.01. The summed E-state index contributed by atoms with van der Waals surface area (Å²) in [6.07, 6.45) is 6.61. The van der Waals surface area contributed by atoms with Gasteiger partial charge in [-0.3, -0.25) is 9.59 Å². The van der Waals surface area contributed by atoms with Gasteiger partial charge in [0.05, 0.1) is 12.1 Å². The minimum Gasteiger partial charge on any atom is -0.494 e. The molecule has 1 aromatic rings. The lowest BCUT2D eigenvalue weighted by molar-refractivity contribution is -0.123. The van der Waals surface area contributed by atoms with Gasteiger partial charge in [-0.1, -0.05) is 12.8 Å². The topological polar surface area (TPSA) is 93.4 Å². The molecule has 1 aliphatic heterocycles. The maximum atomic E-state index is 12.1. The molecule has 1 saturated carbocycles. The van der Waals surface area contributed by atoms with Crippen molar-refractivity contribution in [3.8, 4) is 5.75 Å². The van der Waals surface area contributed by atoms with Gasteiger partial charge in [0.2, 0.25) is 11.8 Å². The molecule has 0 atom stereocenters. The lowest BCUT2D eigenvalue weighted by Crippen LogP contribution is -2.51. The second-order valence-corrected chi connectivity index (χ2v) is 7.06. The first-order valence-electron chi connectivity index (χ1n) is 9.17. The van der Waals surface area contributed by atoms with E-state index in [1.807, 2.05) is 18.2 Å². The second-order valence-electron chi connectivity index (χ2n) is 7.06.